The average Bonchev–Trinajstić information content (AvgIpc) is 2.49. The van der Waals surface area contributed by atoms with Gasteiger partial charge in [0.15, 0.2) is 0 Å². The number of hydrogen-bond acceptors (Lipinski definition) is 2. The third kappa shape index (κ3) is 4.27. The van der Waals surface area contributed by atoms with Crippen molar-refractivity contribution in [2.24, 2.45) is 5.92 Å². The Labute approximate surface area is 126 Å². The van der Waals surface area contributed by atoms with Crippen molar-refractivity contribution in [1.29, 1.82) is 0 Å². The zero-order valence-corrected chi connectivity index (χ0v) is 13.0. The number of hydrogen-bond donors (Lipinski definition) is 1. The second kappa shape index (κ2) is 7.55. The number of nitrogens with zero attached hydrogens (tertiary/aromatic N) is 1. The van der Waals surface area contributed by atoms with Crippen molar-refractivity contribution in [2.45, 2.75) is 33.1 Å². The van der Waals surface area contributed by atoms with Crippen LogP contribution in [0.3, 0.4) is 0 Å². The van der Waals surface area contributed by atoms with Gasteiger partial charge in [0.2, 0.25) is 0 Å². The van der Waals surface area contributed by atoms with Gasteiger partial charge in [0.25, 0.3) is 5.91 Å². The molecule has 0 radical (unpaired) electrons. The smallest absolute Gasteiger partial charge is 0.256 e. The van der Waals surface area contributed by atoms with Gasteiger partial charge >= 0.3 is 0 Å². The lowest BCUT2D eigenvalue weighted by molar-refractivity contribution is 0.0711. The van der Waals surface area contributed by atoms with Crippen LogP contribution >= 0.6 is 0 Å². The number of piperidine rings is 1. The van der Waals surface area contributed by atoms with E-state index in [-0.39, 0.29) is 11.5 Å². The summed E-state index contributed by atoms with van der Waals surface area (Å²) in [4.78, 5) is 14.5. The lowest BCUT2D eigenvalue weighted by Crippen LogP contribution is -2.40. The fraction of sp³-hybridized carbons (Fsp3) is 0.588. The molecule has 1 aliphatic heterocycles. The summed E-state index contributed by atoms with van der Waals surface area (Å²) in [6.45, 7) is 7.38. The van der Waals surface area contributed by atoms with Crippen molar-refractivity contribution in [3.05, 3.63) is 35.1 Å². The summed E-state index contributed by atoms with van der Waals surface area (Å²) in [5.74, 6) is -0.0665. The number of aryl methyl sites for hydroxylation is 1. The van der Waals surface area contributed by atoms with Gasteiger partial charge in [-0.3, -0.25) is 4.79 Å². The molecule has 0 saturated carbocycles. The third-order valence-electron chi connectivity index (χ3n) is 4.07. The molecule has 4 heteroatoms. The summed E-state index contributed by atoms with van der Waals surface area (Å²) in [7, 11) is 0. The van der Waals surface area contributed by atoms with E-state index < -0.39 is 5.82 Å². The van der Waals surface area contributed by atoms with E-state index in [9.17, 15) is 9.18 Å². The Morgan fingerprint density at radius 1 is 1.38 bits per heavy atom. The molecule has 1 N–H and O–H groups in total. The molecular formula is C17H25FN2O. The van der Waals surface area contributed by atoms with Crippen LogP contribution in [0, 0.1) is 18.7 Å². The fourth-order valence-corrected chi connectivity index (χ4v) is 2.89. The normalized spacial score (nSPS) is 16.0. The van der Waals surface area contributed by atoms with Gasteiger partial charge in [-0.1, -0.05) is 18.6 Å². The molecule has 0 aliphatic carbocycles. The fourth-order valence-electron chi connectivity index (χ4n) is 2.89. The Hall–Kier alpha value is -1.42. The number of rotatable bonds is 5. The van der Waals surface area contributed by atoms with E-state index in [1.807, 2.05) is 11.8 Å². The summed E-state index contributed by atoms with van der Waals surface area (Å²) in [6.07, 6.45) is 3.07. The molecule has 1 aromatic rings. The monoisotopic (exact) mass is 292 g/mol. The molecule has 1 aliphatic rings. The van der Waals surface area contributed by atoms with E-state index in [1.54, 1.807) is 12.1 Å². The molecule has 1 aromatic carbocycles. The zero-order chi connectivity index (χ0) is 15.2. The zero-order valence-electron chi connectivity index (χ0n) is 13.0. The van der Waals surface area contributed by atoms with E-state index in [2.05, 4.69) is 12.2 Å². The highest BCUT2D eigenvalue weighted by Crippen LogP contribution is 2.18. The van der Waals surface area contributed by atoms with Crippen LogP contribution in [-0.2, 0) is 0 Å². The standard InChI is InChI=1S/C17H25FN2O/c1-3-10-20(12-14-6-8-19-9-7-14)17(21)15-11-13(2)4-5-16(15)18/h4-5,11,14,19H,3,6-10,12H2,1-2H3. The van der Waals surface area contributed by atoms with Crippen LogP contribution in [0.1, 0.15) is 42.1 Å². The number of amides is 1. The highest BCUT2D eigenvalue weighted by Gasteiger charge is 2.23. The maximum absolute atomic E-state index is 13.9. The van der Waals surface area contributed by atoms with Gasteiger partial charge in [0.05, 0.1) is 5.56 Å². The first-order valence-corrected chi connectivity index (χ1v) is 7.88. The Bertz CT molecular complexity index is 484. The van der Waals surface area contributed by atoms with E-state index >= 15 is 0 Å². The molecule has 1 fully saturated rings. The van der Waals surface area contributed by atoms with Crippen molar-refractivity contribution in [1.82, 2.24) is 10.2 Å². The highest BCUT2D eigenvalue weighted by molar-refractivity contribution is 5.94. The van der Waals surface area contributed by atoms with Crippen molar-refractivity contribution in [3.63, 3.8) is 0 Å². The third-order valence-corrected chi connectivity index (χ3v) is 4.07. The summed E-state index contributed by atoms with van der Waals surface area (Å²) < 4.78 is 13.9. The summed E-state index contributed by atoms with van der Waals surface area (Å²) in [5, 5.41) is 3.33. The van der Waals surface area contributed by atoms with Crippen LogP contribution in [0.4, 0.5) is 4.39 Å². The van der Waals surface area contributed by atoms with Crippen LogP contribution in [0.25, 0.3) is 0 Å². The van der Waals surface area contributed by atoms with Crippen LogP contribution in [0.15, 0.2) is 18.2 Å². The molecule has 0 unspecified atom stereocenters. The lowest BCUT2D eigenvalue weighted by atomic mass is 9.97. The molecular weight excluding hydrogens is 267 g/mol. The van der Waals surface area contributed by atoms with Gasteiger partial charge in [-0.15, -0.1) is 0 Å². The van der Waals surface area contributed by atoms with Crippen LogP contribution < -0.4 is 5.32 Å². The molecule has 0 aromatic heterocycles. The second-order valence-electron chi connectivity index (χ2n) is 5.93. The minimum atomic E-state index is -0.419. The van der Waals surface area contributed by atoms with E-state index in [0.29, 0.717) is 12.5 Å². The minimum Gasteiger partial charge on any atom is -0.338 e. The number of halogens is 1. The lowest BCUT2D eigenvalue weighted by Gasteiger charge is -2.30. The van der Waals surface area contributed by atoms with Gasteiger partial charge in [0.1, 0.15) is 5.82 Å². The van der Waals surface area contributed by atoms with Crippen molar-refractivity contribution in [3.8, 4) is 0 Å². The molecule has 3 nitrogen and oxygen atoms in total. The summed E-state index contributed by atoms with van der Waals surface area (Å²) >= 11 is 0. The average molecular weight is 292 g/mol. The number of carbonyl (C=O) groups excluding carboxylic acids is 1. The van der Waals surface area contributed by atoms with Crippen LogP contribution in [0.2, 0.25) is 0 Å². The summed E-state index contributed by atoms with van der Waals surface area (Å²) in [6, 6.07) is 4.74. The molecule has 0 atom stereocenters. The predicted molar refractivity (Wildman–Crippen MR) is 82.9 cm³/mol. The number of nitrogens with one attached hydrogen (secondary N) is 1. The van der Waals surface area contributed by atoms with E-state index in [4.69, 9.17) is 0 Å². The number of carbonyl (C=O) groups is 1. The summed E-state index contributed by atoms with van der Waals surface area (Å²) in [5.41, 5.74) is 1.12. The van der Waals surface area contributed by atoms with Crippen molar-refractivity contribution < 1.29 is 9.18 Å². The quantitative estimate of drug-likeness (QED) is 0.905. The maximum Gasteiger partial charge on any atom is 0.256 e. The van der Waals surface area contributed by atoms with Crippen molar-refractivity contribution in [2.75, 3.05) is 26.2 Å². The van der Waals surface area contributed by atoms with Gasteiger partial charge in [0, 0.05) is 13.1 Å². The Morgan fingerprint density at radius 2 is 2.10 bits per heavy atom. The molecule has 2 rings (SSSR count). The molecule has 1 saturated heterocycles. The van der Waals surface area contributed by atoms with E-state index in [0.717, 1.165) is 44.5 Å². The van der Waals surface area contributed by atoms with E-state index in [1.165, 1.54) is 6.07 Å². The molecule has 0 bridgehead atoms. The second-order valence-corrected chi connectivity index (χ2v) is 5.93. The van der Waals surface area contributed by atoms with Gasteiger partial charge in [-0.25, -0.2) is 4.39 Å². The van der Waals surface area contributed by atoms with Gasteiger partial charge in [-0.05, 0) is 57.3 Å². The van der Waals surface area contributed by atoms with Gasteiger partial charge in [-0.2, -0.15) is 0 Å². The first kappa shape index (κ1) is 16.0. The van der Waals surface area contributed by atoms with Crippen molar-refractivity contribution >= 4 is 5.91 Å². The molecule has 1 heterocycles. The van der Waals surface area contributed by atoms with Crippen LogP contribution in [0.5, 0.6) is 0 Å². The molecule has 1 amide bonds. The first-order chi connectivity index (χ1) is 10.1. The Balaban J connectivity index is 2.12. The molecule has 21 heavy (non-hydrogen) atoms. The topological polar surface area (TPSA) is 32.3 Å². The molecule has 116 valence electrons. The minimum absolute atomic E-state index is 0.170. The van der Waals surface area contributed by atoms with Gasteiger partial charge < -0.3 is 10.2 Å². The Morgan fingerprint density at radius 3 is 2.76 bits per heavy atom. The first-order valence-electron chi connectivity index (χ1n) is 7.88. The number of benzene rings is 1. The SMILES string of the molecule is CCCN(CC1CCNCC1)C(=O)c1cc(C)ccc1F. The van der Waals surface area contributed by atoms with Crippen LogP contribution in [-0.4, -0.2) is 37.0 Å². The Kier molecular flexibility index (Phi) is 5.74. The molecule has 0 spiro atoms. The highest BCUT2D eigenvalue weighted by atomic mass is 19.1. The predicted octanol–water partition coefficient (Wildman–Crippen LogP) is 2.99. The maximum atomic E-state index is 13.9. The largest absolute Gasteiger partial charge is 0.338 e.